The lowest BCUT2D eigenvalue weighted by Gasteiger charge is -2.18. The first kappa shape index (κ1) is 7.39. The first-order chi connectivity index (χ1) is 5.86. The van der Waals surface area contributed by atoms with Gasteiger partial charge in [-0.1, -0.05) is 0 Å². The Morgan fingerprint density at radius 2 is 2.17 bits per heavy atom. The Morgan fingerprint density at radius 1 is 1.42 bits per heavy atom. The van der Waals surface area contributed by atoms with Crippen LogP contribution < -0.4 is 15.4 Å². The molecule has 1 fully saturated rings. The predicted molar refractivity (Wildman–Crippen MR) is 41.3 cm³/mol. The van der Waals surface area contributed by atoms with Crippen LogP contribution in [0.1, 0.15) is 19.3 Å². The van der Waals surface area contributed by atoms with Crippen LogP contribution in [0.4, 0.5) is 0 Å². The summed E-state index contributed by atoms with van der Waals surface area (Å²) in [7, 11) is 0. The van der Waals surface area contributed by atoms with E-state index in [9.17, 15) is 4.79 Å². The normalized spacial score (nSPS) is 18.2. The van der Waals surface area contributed by atoms with E-state index in [0.717, 1.165) is 13.1 Å². The van der Waals surface area contributed by atoms with Crippen molar-refractivity contribution in [1.29, 1.82) is 0 Å². The largest absolute Gasteiger partial charge is 0.430 e. The molecule has 5 heteroatoms. The Kier molecular flexibility index (Phi) is 1.85. The van der Waals surface area contributed by atoms with Crippen molar-refractivity contribution < 1.29 is 9.31 Å². The van der Waals surface area contributed by atoms with Crippen molar-refractivity contribution in [2.75, 3.05) is 18.1 Å². The molecule has 0 amide bonds. The second-order valence-corrected chi connectivity index (χ2v) is 3.00. The van der Waals surface area contributed by atoms with Gasteiger partial charge < -0.3 is 0 Å². The van der Waals surface area contributed by atoms with Gasteiger partial charge >= 0.3 is 11.8 Å². The maximum atomic E-state index is 10.7. The summed E-state index contributed by atoms with van der Waals surface area (Å²) in [5, 5.41) is 4.59. The Morgan fingerprint density at radius 3 is 2.75 bits per heavy atom. The van der Waals surface area contributed by atoms with Gasteiger partial charge in [0.2, 0.25) is 0 Å². The summed E-state index contributed by atoms with van der Waals surface area (Å²) in [6.07, 6.45) is 5.06. The van der Waals surface area contributed by atoms with Crippen LogP contribution in [0.5, 0.6) is 0 Å². The van der Waals surface area contributed by atoms with Gasteiger partial charge in [0.15, 0.2) is 0 Å². The number of nitrogens with one attached hydrogen (secondary N) is 1. The summed E-state index contributed by atoms with van der Waals surface area (Å²) in [6, 6.07) is 0. The minimum atomic E-state index is -0.333. The standard InChI is InChI=1S/C7H11N3O2/c11-7-6-10(8-12-7)9-4-2-1-3-5-9/h6H,1-5H2/p+1. The van der Waals surface area contributed by atoms with Crippen molar-refractivity contribution in [3.05, 3.63) is 16.6 Å². The molecule has 5 nitrogen and oxygen atoms in total. The molecule has 0 aliphatic carbocycles. The van der Waals surface area contributed by atoms with Crippen LogP contribution in [-0.4, -0.2) is 18.4 Å². The number of aromatic amines is 1. The molecule has 0 aromatic carbocycles. The van der Waals surface area contributed by atoms with E-state index in [4.69, 9.17) is 0 Å². The number of nitrogens with zero attached hydrogens (tertiary/aromatic N) is 2. The molecule has 0 radical (unpaired) electrons. The first-order valence-electron chi connectivity index (χ1n) is 4.22. The highest BCUT2D eigenvalue weighted by molar-refractivity contribution is 4.74. The maximum Gasteiger partial charge on any atom is 0.430 e. The van der Waals surface area contributed by atoms with Crippen LogP contribution in [0.3, 0.4) is 0 Å². The molecule has 1 aromatic rings. The Bertz CT molecular complexity index is 298. The second-order valence-electron chi connectivity index (χ2n) is 3.00. The van der Waals surface area contributed by atoms with E-state index in [2.05, 4.69) is 14.8 Å². The van der Waals surface area contributed by atoms with Crippen LogP contribution in [0.15, 0.2) is 15.5 Å². The van der Waals surface area contributed by atoms with Crippen LogP contribution in [0.25, 0.3) is 0 Å². The Labute approximate surface area is 69.5 Å². The fourth-order valence-electron chi connectivity index (χ4n) is 1.48. The van der Waals surface area contributed by atoms with Crippen LogP contribution in [-0.2, 0) is 0 Å². The third-order valence-electron chi connectivity index (χ3n) is 2.10. The number of hydrogen-bond acceptors (Lipinski definition) is 3. The van der Waals surface area contributed by atoms with E-state index < -0.39 is 0 Å². The SMILES string of the molecule is O=c1c[n+](N2CCCCC2)[nH]o1. The molecular formula is C7H12N3O2+. The van der Waals surface area contributed by atoms with E-state index in [1.54, 1.807) is 4.79 Å². The molecule has 0 bridgehead atoms. The number of piperidine rings is 1. The third-order valence-corrected chi connectivity index (χ3v) is 2.10. The molecule has 0 saturated carbocycles. The van der Waals surface area contributed by atoms with Gasteiger partial charge in [-0.05, 0) is 19.3 Å². The van der Waals surface area contributed by atoms with Crippen LogP contribution in [0, 0.1) is 0 Å². The van der Waals surface area contributed by atoms with Crippen LogP contribution in [0.2, 0.25) is 0 Å². The number of H-pyrrole nitrogens is 1. The number of hydrogen-bond donors (Lipinski definition) is 1. The van der Waals surface area contributed by atoms with E-state index in [1.807, 2.05) is 0 Å². The van der Waals surface area contributed by atoms with Crippen LogP contribution >= 0.6 is 0 Å². The topological polar surface area (TPSA) is 53.1 Å². The van der Waals surface area contributed by atoms with Gasteiger partial charge in [-0.25, -0.2) is 4.79 Å². The highest BCUT2D eigenvalue weighted by Gasteiger charge is 2.19. The number of aromatic nitrogens is 2. The zero-order valence-corrected chi connectivity index (χ0v) is 6.82. The molecule has 0 spiro atoms. The summed E-state index contributed by atoms with van der Waals surface area (Å²) in [5.41, 5.74) is -0.333. The van der Waals surface area contributed by atoms with Gasteiger partial charge in [-0.2, -0.15) is 5.01 Å². The number of rotatable bonds is 1. The van der Waals surface area contributed by atoms with E-state index in [0.29, 0.717) is 0 Å². The molecular weight excluding hydrogens is 158 g/mol. The maximum absolute atomic E-state index is 10.7. The molecule has 0 unspecified atom stereocenters. The molecule has 1 N–H and O–H groups in total. The minimum Gasteiger partial charge on any atom is -0.281 e. The zero-order chi connectivity index (χ0) is 8.39. The summed E-state index contributed by atoms with van der Waals surface area (Å²) >= 11 is 0. The Balaban J connectivity index is 2.13. The van der Waals surface area contributed by atoms with E-state index in [-0.39, 0.29) is 5.63 Å². The fourth-order valence-corrected chi connectivity index (χ4v) is 1.48. The molecule has 66 valence electrons. The average molecular weight is 170 g/mol. The molecule has 0 atom stereocenters. The highest BCUT2D eigenvalue weighted by atomic mass is 16.5. The predicted octanol–water partition coefficient (Wildman–Crippen LogP) is -0.623. The molecule has 1 aliphatic rings. The molecule has 1 saturated heterocycles. The van der Waals surface area contributed by atoms with Gasteiger partial charge in [-0.3, -0.25) is 4.52 Å². The van der Waals surface area contributed by atoms with Gasteiger partial charge in [0.05, 0.1) is 13.1 Å². The lowest BCUT2D eigenvalue weighted by Crippen LogP contribution is -2.60. The van der Waals surface area contributed by atoms with Crippen molar-refractivity contribution in [1.82, 2.24) is 5.27 Å². The molecule has 1 aliphatic heterocycles. The highest BCUT2D eigenvalue weighted by Crippen LogP contribution is 2.02. The summed E-state index contributed by atoms with van der Waals surface area (Å²) in [5.74, 6) is 0. The van der Waals surface area contributed by atoms with Gasteiger partial charge in [0.25, 0.3) is 0 Å². The summed E-state index contributed by atoms with van der Waals surface area (Å²) < 4.78 is 4.56. The summed E-state index contributed by atoms with van der Waals surface area (Å²) in [4.78, 5) is 12.3. The quantitative estimate of drug-likeness (QED) is 0.571. The fraction of sp³-hybridized carbons (Fsp3) is 0.714. The molecule has 12 heavy (non-hydrogen) atoms. The molecule has 2 rings (SSSR count). The molecule has 1 aromatic heterocycles. The van der Waals surface area contributed by atoms with Crippen molar-refractivity contribution in [3.8, 4) is 0 Å². The average Bonchev–Trinajstić information content (AvgIpc) is 2.54. The van der Waals surface area contributed by atoms with Crippen molar-refractivity contribution in [2.24, 2.45) is 0 Å². The second kappa shape index (κ2) is 3.00. The monoisotopic (exact) mass is 170 g/mol. The van der Waals surface area contributed by atoms with Gasteiger partial charge in [-0.15, -0.1) is 0 Å². The minimum absolute atomic E-state index is 0.333. The summed E-state index contributed by atoms with van der Waals surface area (Å²) in [6.45, 7) is 1.97. The van der Waals surface area contributed by atoms with Gasteiger partial charge in [0, 0.05) is 10.1 Å². The lowest BCUT2D eigenvalue weighted by molar-refractivity contribution is -0.759. The lowest BCUT2D eigenvalue weighted by atomic mass is 10.2. The molecule has 2 heterocycles. The Hall–Kier alpha value is -1.26. The zero-order valence-electron chi connectivity index (χ0n) is 6.82. The van der Waals surface area contributed by atoms with Gasteiger partial charge in [0.1, 0.15) is 0 Å². The van der Waals surface area contributed by atoms with Crippen molar-refractivity contribution >= 4 is 0 Å². The van der Waals surface area contributed by atoms with E-state index in [1.165, 1.54) is 25.5 Å². The van der Waals surface area contributed by atoms with Crippen molar-refractivity contribution in [2.45, 2.75) is 19.3 Å². The van der Waals surface area contributed by atoms with E-state index >= 15 is 0 Å². The first-order valence-corrected chi connectivity index (χ1v) is 4.22. The van der Waals surface area contributed by atoms with Crippen molar-refractivity contribution in [3.63, 3.8) is 0 Å². The smallest absolute Gasteiger partial charge is 0.281 e. The third kappa shape index (κ3) is 1.34.